The molecule has 2 aromatic heterocycles. The van der Waals surface area contributed by atoms with Gasteiger partial charge in [-0.1, -0.05) is 18.2 Å². The van der Waals surface area contributed by atoms with Gasteiger partial charge >= 0.3 is 5.96 Å². The van der Waals surface area contributed by atoms with E-state index in [1.54, 1.807) is 23.9 Å². The number of nitrogens with one attached hydrogen (secondary N) is 3. The van der Waals surface area contributed by atoms with E-state index in [9.17, 15) is 4.79 Å². The van der Waals surface area contributed by atoms with Crippen LogP contribution in [0.3, 0.4) is 0 Å². The minimum atomic E-state index is -0.409. The maximum Gasteiger partial charge on any atom is 0.357 e. The van der Waals surface area contributed by atoms with Crippen molar-refractivity contribution in [2.45, 2.75) is 20.0 Å². The Bertz CT molecular complexity index is 1040. The zero-order valence-corrected chi connectivity index (χ0v) is 14.5. The fraction of sp³-hybridized carbons (Fsp3) is 0.158. The monoisotopic (exact) mass is 347 g/mol. The number of aryl methyl sites for hydroxylation is 2. The zero-order chi connectivity index (χ0) is 18.1. The molecule has 0 unspecified atom stereocenters. The van der Waals surface area contributed by atoms with Crippen LogP contribution in [0, 0.1) is 13.8 Å². The van der Waals surface area contributed by atoms with Gasteiger partial charge in [0.2, 0.25) is 0 Å². The lowest BCUT2D eigenvalue weighted by Gasteiger charge is -2.22. The van der Waals surface area contributed by atoms with Crippen molar-refractivity contribution in [1.82, 2.24) is 14.5 Å². The van der Waals surface area contributed by atoms with Crippen LogP contribution < -0.4 is 21.2 Å². The van der Waals surface area contributed by atoms with E-state index in [2.05, 4.69) is 25.6 Å². The Kier molecular flexibility index (Phi) is 3.96. The predicted octanol–water partition coefficient (Wildman–Crippen LogP) is 0.776. The number of fused-ring (bicyclic) bond motifs is 1. The minimum Gasteiger partial charge on any atom is -0.269 e. The standard InChI is InChI=1S/C19H18N6O/c1-12-5-3-7-15(9-12)22-18-23-17(14-6-4-8-20-11-14)25-16(26)10-13(2)21-19(25)24-18/h3-11,17H,1-2H3,(H2,21,22,23,24)/p+1/t17-/m0/s1. The van der Waals surface area contributed by atoms with Gasteiger partial charge in [-0.25, -0.2) is 20.2 Å². The van der Waals surface area contributed by atoms with Gasteiger partial charge in [-0.05, 0) is 37.6 Å². The summed E-state index contributed by atoms with van der Waals surface area (Å²) in [4.78, 5) is 24.6. The highest BCUT2D eigenvalue weighted by Gasteiger charge is 2.29. The Morgan fingerprint density at radius 3 is 2.85 bits per heavy atom. The smallest absolute Gasteiger partial charge is 0.269 e. The summed E-state index contributed by atoms with van der Waals surface area (Å²) >= 11 is 0. The third-order valence-corrected chi connectivity index (χ3v) is 4.14. The second-order valence-electron chi connectivity index (χ2n) is 6.26. The molecule has 0 spiro atoms. The molecule has 0 amide bonds. The van der Waals surface area contributed by atoms with E-state index in [1.807, 2.05) is 43.3 Å². The van der Waals surface area contributed by atoms with E-state index in [-0.39, 0.29) is 5.56 Å². The molecule has 26 heavy (non-hydrogen) atoms. The number of hydrogen-bond acceptors (Lipinski definition) is 5. The normalized spacial score (nSPS) is 15.6. The molecule has 1 atom stereocenters. The molecule has 0 radical (unpaired) electrons. The number of rotatable bonds is 2. The van der Waals surface area contributed by atoms with Crippen LogP contribution in [-0.4, -0.2) is 20.5 Å². The van der Waals surface area contributed by atoms with Crippen LogP contribution >= 0.6 is 0 Å². The van der Waals surface area contributed by atoms with Crippen LogP contribution in [0.4, 0.5) is 11.6 Å². The number of nitrogens with zero attached hydrogens (tertiary/aromatic N) is 3. The van der Waals surface area contributed by atoms with Crippen molar-refractivity contribution in [2.75, 3.05) is 10.6 Å². The van der Waals surface area contributed by atoms with Crippen molar-refractivity contribution in [2.24, 2.45) is 0 Å². The summed E-state index contributed by atoms with van der Waals surface area (Å²) in [5.41, 5.74) is 3.49. The van der Waals surface area contributed by atoms with Gasteiger partial charge in [0.1, 0.15) is 0 Å². The molecule has 3 aromatic rings. The molecule has 0 saturated carbocycles. The van der Waals surface area contributed by atoms with Crippen molar-refractivity contribution < 1.29 is 4.99 Å². The van der Waals surface area contributed by atoms with Gasteiger partial charge in [0.25, 0.3) is 11.5 Å². The fourth-order valence-electron chi connectivity index (χ4n) is 3.00. The van der Waals surface area contributed by atoms with E-state index >= 15 is 0 Å². The number of hydrogen-bond donors (Lipinski definition) is 3. The SMILES string of the molecule is Cc1cccc(NC2=[NH+][C@H](c3cccnc3)n3c(nc(C)cc3=O)N2)c1. The molecule has 130 valence electrons. The van der Waals surface area contributed by atoms with Crippen molar-refractivity contribution in [3.05, 3.63) is 82.0 Å². The molecule has 1 aliphatic heterocycles. The first-order valence-corrected chi connectivity index (χ1v) is 8.34. The van der Waals surface area contributed by atoms with E-state index in [0.717, 1.165) is 16.8 Å². The molecule has 0 saturated heterocycles. The van der Waals surface area contributed by atoms with Crippen LogP contribution in [-0.2, 0) is 0 Å². The Morgan fingerprint density at radius 2 is 2.08 bits per heavy atom. The number of aromatic nitrogens is 3. The highest BCUT2D eigenvalue weighted by Crippen LogP contribution is 2.16. The Labute approximate surface area is 150 Å². The Balaban J connectivity index is 1.79. The molecule has 7 nitrogen and oxygen atoms in total. The predicted molar refractivity (Wildman–Crippen MR) is 100 cm³/mol. The molecule has 7 heteroatoms. The third-order valence-electron chi connectivity index (χ3n) is 4.14. The average molecular weight is 347 g/mol. The van der Waals surface area contributed by atoms with Gasteiger partial charge in [-0.15, -0.1) is 0 Å². The molecule has 1 aromatic carbocycles. The van der Waals surface area contributed by atoms with E-state index in [4.69, 9.17) is 0 Å². The van der Waals surface area contributed by atoms with Crippen molar-refractivity contribution in [3.8, 4) is 0 Å². The maximum atomic E-state index is 12.6. The molecule has 0 bridgehead atoms. The fourth-order valence-corrected chi connectivity index (χ4v) is 3.00. The summed E-state index contributed by atoms with van der Waals surface area (Å²) < 4.78 is 1.59. The van der Waals surface area contributed by atoms with Crippen molar-refractivity contribution in [3.63, 3.8) is 0 Å². The van der Waals surface area contributed by atoms with Gasteiger partial charge in [0.15, 0.2) is 6.17 Å². The number of benzene rings is 1. The maximum absolute atomic E-state index is 12.6. The summed E-state index contributed by atoms with van der Waals surface area (Å²) in [6, 6.07) is 13.3. The van der Waals surface area contributed by atoms with Crippen molar-refractivity contribution in [1.29, 1.82) is 0 Å². The number of guanidine groups is 1. The Morgan fingerprint density at radius 1 is 1.19 bits per heavy atom. The number of anilines is 2. The summed E-state index contributed by atoms with van der Waals surface area (Å²) in [6.07, 6.45) is 3.04. The molecular formula is C19H19N6O+. The van der Waals surface area contributed by atoms with Crippen molar-refractivity contribution >= 4 is 17.6 Å². The molecule has 4 rings (SSSR count). The molecular weight excluding hydrogens is 328 g/mol. The molecule has 0 aliphatic carbocycles. The second-order valence-corrected chi connectivity index (χ2v) is 6.26. The van der Waals surface area contributed by atoms with Gasteiger partial charge in [0.05, 0.1) is 5.69 Å². The topological polar surface area (TPSA) is 85.8 Å². The van der Waals surface area contributed by atoms with Crippen LogP contribution in [0.5, 0.6) is 0 Å². The van der Waals surface area contributed by atoms with E-state index in [1.165, 1.54) is 6.07 Å². The second kappa shape index (κ2) is 6.44. The lowest BCUT2D eigenvalue weighted by molar-refractivity contribution is -0.520. The highest BCUT2D eigenvalue weighted by atomic mass is 16.1. The summed E-state index contributed by atoms with van der Waals surface area (Å²) in [5.74, 6) is 1.14. The third kappa shape index (κ3) is 3.06. The van der Waals surface area contributed by atoms with Gasteiger partial charge < -0.3 is 0 Å². The molecule has 3 N–H and O–H groups in total. The summed E-state index contributed by atoms with van der Waals surface area (Å²) in [5, 5.41) is 6.49. The van der Waals surface area contributed by atoms with Gasteiger partial charge in [0, 0.05) is 29.7 Å². The molecule has 3 heterocycles. The van der Waals surface area contributed by atoms with Crippen LogP contribution in [0.2, 0.25) is 0 Å². The first kappa shape index (κ1) is 16.0. The largest absolute Gasteiger partial charge is 0.357 e. The van der Waals surface area contributed by atoms with Gasteiger partial charge in [-0.3, -0.25) is 14.8 Å². The summed E-state index contributed by atoms with van der Waals surface area (Å²) in [6.45, 7) is 3.84. The minimum absolute atomic E-state index is 0.129. The van der Waals surface area contributed by atoms with E-state index in [0.29, 0.717) is 17.6 Å². The van der Waals surface area contributed by atoms with Gasteiger partial charge in [-0.2, -0.15) is 0 Å². The highest BCUT2D eigenvalue weighted by molar-refractivity contribution is 5.99. The Hall–Kier alpha value is -3.48. The number of pyridine rings is 1. The quantitative estimate of drug-likeness (QED) is 0.638. The molecule has 1 aliphatic rings. The van der Waals surface area contributed by atoms with Crippen LogP contribution in [0.15, 0.2) is 59.7 Å². The van der Waals surface area contributed by atoms with E-state index < -0.39 is 6.17 Å². The first-order valence-electron chi connectivity index (χ1n) is 8.34. The average Bonchev–Trinajstić information content (AvgIpc) is 2.61. The van der Waals surface area contributed by atoms with Crippen LogP contribution in [0.25, 0.3) is 0 Å². The molecule has 0 fully saturated rings. The zero-order valence-electron chi connectivity index (χ0n) is 14.5. The first-order chi connectivity index (χ1) is 12.6. The lowest BCUT2D eigenvalue weighted by atomic mass is 10.2. The lowest BCUT2D eigenvalue weighted by Crippen LogP contribution is -2.82. The summed E-state index contributed by atoms with van der Waals surface area (Å²) in [7, 11) is 0. The van der Waals surface area contributed by atoms with Crippen LogP contribution in [0.1, 0.15) is 23.0 Å².